The molecule has 3 aromatic rings. The largest absolute Gasteiger partial charge is 0.495 e. The van der Waals surface area contributed by atoms with Gasteiger partial charge in [0.2, 0.25) is 5.95 Å². The molecule has 0 aliphatic rings. The minimum absolute atomic E-state index is 0.0766. The van der Waals surface area contributed by atoms with E-state index in [1.165, 1.54) is 31.5 Å². The van der Waals surface area contributed by atoms with Crippen LogP contribution < -0.4 is 31.5 Å². The van der Waals surface area contributed by atoms with Crippen LogP contribution in [-0.4, -0.2) is 33.7 Å². The second kappa shape index (κ2) is 7.82. The van der Waals surface area contributed by atoms with Crippen LogP contribution >= 0.6 is 0 Å². The van der Waals surface area contributed by atoms with E-state index in [9.17, 15) is 14.4 Å². The molecule has 2 aromatic carbocycles. The Labute approximate surface area is 171 Å². The van der Waals surface area contributed by atoms with Crippen LogP contribution in [0, 0.1) is 0 Å². The zero-order valence-electron chi connectivity index (χ0n) is 16.9. The molecule has 10 heteroatoms. The van der Waals surface area contributed by atoms with Gasteiger partial charge in [0, 0.05) is 11.7 Å². The number of hydrogen-bond acceptors (Lipinski definition) is 9. The lowest BCUT2D eigenvalue weighted by atomic mass is 10.1. The maximum Gasteiger partial charge on any atom is 0.335 e. The molecule has 0 aliphatic heterocycles. The number of ether oxygens (including phenoxy) is 1. The molecule has 3 rings (SSSR count). The van der Waals surface area contributed by atoms with Crippen LogP contribution in [0.3, 0.4) is 0 Å². The van der Waals surface area contributed by atoms with Gasteiger partial charge in [-0.15, -0.1) is 0 Å². The van der Waals surface area contributed by atoms with Crippen LogP contribution in [0.5, 0.6) is 5.75 Å². The third-order valence-corrected chi connectivity index (χ3v) is 4.01. The number of methoxy groups -OCH3 is 1. The van der Waals surface area contributed by atoms with Crippen molar-refractivity contribution in [2.24, 2.45) is 0 Å². The number of rotatable bonds is 7. The fraction of sp³-hybridized carbons (Fsp3) is 0.250. The van der Waals surface area contributed by atoms with Gasteiger partial charge in [-0.05, 0) is 45.0 Å². The highest BCUT2D eigenvalue weighted by Gasteiger charge is 2.25. The Kier molecular flexibility index (Phi) is 5.41. The summed E-state index contributed by atoms with van der Waals surface area (Å²) < 4.78 is 5.22. The number of anilines is 5. The van der Waals surface area contributed by atoms with Crippen molar-refractivity contribution in [3.05, 3.63) is 56.5 Å². The number of hydrogen-bond donors (Lipinski definition) is 4. The van der Waals surface area contributed by atoms with Crippen LogP contribution in [0.25, 0.3) is 0 Å². The SMILES string of the molecule is COc1cc(C(=O)O)ccc1Nc1nccc(Nc2c(NC(C)(C)C)c(=O)c2=O)n1. The van der Waals surface area contributed by atoms with E-state index in [-0.39, 0.29) is 22.9 Å². The molecule has 1 heterocycles. The highest BCUT2D eigenvalue weighted by atomic mass is 16.5. The first kappa shape index (κ1) is 20.8. The fourth-order valence-corrected chi connectivity index (χ4v) is 2.67. The zero-order chi connectivity index (χ0) is 22.1. The van der Waals surface area contributed by atoms with E-state index in [4.69, 9.17) is 9.84 Å². The second-order valence-electron chi connectivity index (χ2n) is 7.52. The van der Waals surface area contributed by atoms with Gasteiger partial charge in [0.1, 0.15) is 22.9 Å². The summed E-state index contributed by atoms with van der Waals surface area (Å²) in [7, 11) is 1.42. The molecule has 0 aliphatic carbocycles. The van der Waals surface area contributed by atoms with Crippen LogP contribution in [0.15, 0.2) is 40.1 Å². The van der Waals surface area contributed by atoms with Crippen molar-refractivity contribution in [3.63, 3.8) is 0 Å². The van der Waals surface area contributed by atoms with E-state index in [0.29, 0.717) is 17.3 Å². The van der Waals surface area contributed by atoms with Crippen molar-refractivity contribution >= 4 is 34.8 Å². The quantitative estimate of drug-likeness (QED) is 0.428. The molecule has 0 saturated carbocycles. The second-order valence-corrected chi connectivity index (χ2v) is 7.52. The number of benzene rings is 1. The van der Waals surface area contributed by atoms with Gasteiger partial charge in [0.15, 0.2) is 0 Å². The first-order chi connectivity index (χ1) is 14.1. The molecule has 10 nitrogen and oxygen atoms in total. The number of carbonyl (C=O) groups is 1. The molecule has 0 unspecified atom stereocenters. The standard InChI is InChI=1S/C20H21N5O5/c1-20(2,3)25-15-14(16(26)17(15)27)23-13-7-8-21-19(24-13)22-11-6-5-10(18(28)29)9-12(11)30-4/h5-9,25H,1-4H3,(H,28,29)(H2,21,22,23,24). The number of carboxylic acids is 1. The Balaban J connectivity index is 1.84. The van der Waals surface area contributed by atoms with E-state index < -0.39 is 22.4 Å². The first-order valence-corrected chi connectivity index (χ1v) is 8.99. The lowest BCUT2D eigenvalue weighted by Crippen LogP contribution is -2.41. The Hall–Kier alpha value is -3.95. The van der Waals surface area contributed by atoms with Gasteiger partial charge in [0.25, 0.3) is 10.9 Å². The molecule has 0 fully saturated rings. The molecule has 0 saturated heterocycles. The average Bonchev–Trinajstić information content (AvgIpc) is 2.70. The van der Waals surface area contributed by atoms with Crippen molar-refractivity contribution in [2.75, 3.05) is 23.1 Å². The summed E-state index contributed by atoms with van der Waals surface area (Å²) in [5.41, 5.74) is -0.703. The van der Waals surface area contributed by atoms with Gasteiger partial charge in [0.05, 0.1) is 18.4 Å². The number of carboxylic acid groups (broad SMARTS) is 1. The highest BCUT2D eigenvalue weighted by molar-refractivity contribution is 5.89. The number of aromatic carboxylic acids is 1. The van der Waals surface area contributed by atoms with E-state index in [1.807, 2.05) is 20.8 Å². The fourth-order valence-electron chi connectivity index (χ4n) is 2.67. The third-order valence-electron chi connectivity index (χ3n) is 4.01. The summed E-state index contributed by atoms with van der Waals surface area (Å²) in [6.45, 7) is 5.64. The predicted octanol–water partition coefficient (Wildman–Crippen LogP) is 2.48. The average molecular weight is 411 g/mol. The minimum atomic E-state index is -1.07. The molecule has 0 spiro atoms. The van der Waals surface area contributed by atoms with Crippen molar-refractivity contribution in [1.29, 1.82) is 0 Å². The third kappa shape index (κ3) is 4.37. The Morgan fingerprint density at radius 3 is 2.40 bits per heavy atom. The maximum absolute atomic E-state index is 12.0. The molecule has 0 radical (unpaired) electrons. The van der Waals surface area contributed by atoms with Gasteiger partial charge < -0.3 is 25.8 Å². The van der Waals surface area contributed by atoms with E-state index >= 15 is 0 Å². The zero-order valence-corrected chi connectivity index (χ0v) is 16.9. The van der Waals surface area contributed by atoms with Gasteiger partial charge in [-0.1, -0.05) is 0 Å². The molecule has 0 bridgehead atoms. The van der Waals surface area contributed by atoms with Crippen molar-refractivity contribution in [1.82, 2.24) is 9.97 Å². The monoisotopic (exact) mass is 411 g/mol. The molecule has 0 amide bonds. The van der Waals surface area contributed by atoms with Crippen LogP contribution in [0.1, 0.15) is 31.1 Å². The molecule has 30 heavy (non-hydrogen) atoms. The Bertz CT molecular complexity index is 1180. The molecule has 0 atom stereocenters. The smallest absolute Gasteiger partial charge is 0.335 e. The minimum Gasteiger partial charge on any atom is -0.495 e. The number of nitrogens with zero attached hydrogens (tertiary/aromatic N) is 2. The molecular formula is C20H21N5O5. The van der Waals surface area contributed by atoms with Crippen LogP contribution in [0.2, 0.25) is 0 Å². The van der Waals surface area contributed by atoms with Crippen LogP contribution in [-0.2, 0) is 0 Å². The maximum atomic E-state index is 12.0. The van der Waals surface area contributed by atoms with E-state index in [2.05, 4.69) is 25.9 Å². The van der Waals surface area contributed by atoms with E-state index in [0.717, 1.165) is 0 Å². The predicted molar refractivity (Wildman–Crippen MR) is 113 cm³/mol. The molecule has 4 N–H and O–H groups in total. The van der Waals surface area contributed by atoms with Crippen molar-refractivity contribution in [3.8, 4) is 5.75 Å². The van der Waals surface area contributed by atoms with Gasteiger partial charge in [-0.25, -0.2) is 9.78 Å². The summed E-state index contributed by atoms with van der Waals surface area (Å²) in [5.74, 6) is -0.283. The number of nitrogens with one attached hydrogen (secondary N) is 3. The van der Waals surface area contributed by atoms with Crippen molar-refractivity contribution < 1.29 is 14.6 Å². The van der Waals surface area contributed by atoms with Gasteiger partial charge in [-0.2, -0.15) is 4.98 Å². The Morgan fingerprint density at radius 2 is 1.77 bits per heavy atom. The highest BCUT2D eigenvalue weighted by Crippen LogP contribution is 2.28. The van der Waals surface area contributed by atoms with Crippen molar-refractivity contribution in [2.45, 2.75) is 26.3 Å². The Morgan fingerprint density at radius 1 is 1.07 bits per heavy atom. The topological polar surface area (TPSA) is 143 Å². The lowest BCUT2D eigenvalue weighted by molar-refractivity contribution is 0.0696. The summed E-state index contributed by atoms with van der Waals surface area (Å²) in [4.78, 5) is 43.4. The van der Waals surface area contributed by atoms with E-state index in [1.54, 1.807) is 6.07 Å². The normalized spacial score (nSPS) is 11.2. The summed E-state index contributed by atoms with van der Waals surface area (Å²) in [6, 6.07) is 5.88. The summed E-state index contributed by atoms with van der Waals surface area (Å²) in [6.07, 6.45) is 1.47. The van der Waals surface area contributed by atoms with Gasteiger partial charge in [-0.3, -0.25) is 9.59 Å². The van der Waals surface area contributed by atoms with Gasteiger partial charge >= 0.3 is 5.97 Å². The summed E-state index contributed by atoms with van der Waals surface area (Å²) in [5, 5.41) is 17.9. The molecule has 1 aromatic heterocycles. The van der Waals surface area contributed by atoms with Crippen LogP contribution in [0.4, 0.5) is 28.8 Å². The summed E-state index contributed by atoms with van der Waals surface area (Å²) >= 11 is 0. The molecular weight excluding hydrogens is 390 g/mol. The number of aromatic nitrogens is 2. The lowest BCUT2D eigenvalue weighted by Gasteiger charge is -2.24. The molecule has 156 valence electrons. The first-order valence-electron chi connectivity index (χ1n) is 8.99.